The molecular weight excluding hydrogens is 134 g/mol. The van der Waals surface area contributed by atoms with Crippen molar-refractivity contribution in [2.75, 3.05) is 0 Å². The molecule has 0 aromatic heterocycles. The minimum atomic E-state index is 1.18. The average molecular weight is 146 g/mol. The Bertz CT molecular complexity index is 233. The van der Waals surface area contributed by atoms with Crippen LogP contribution in [-0.4, -0.2) is 0 Å². The van der Waals surface area contributed by atoms with Crippen molar-refractivity contribution >= 4 is 0 Å². The van der Waals surface area contributed by atoms with Gasteiger partial charge in [0, 0.05) is 6.20 Å². The van der Waals surface area contributed by atoms with Gasteiger partial charge in [0.1, 0.15) is 0 Å². The van der Waals surface area contributed by atoms with E-state index >= 15 is 0 Å². The lowest BCUT2D eigenvalue weighted by atomic mass is 9.97. The highest BCUT2D eigenvalue weighted by atomic mass is 14.9. The van der Waals surface area contributed by atoms with Crippen molar-refractivity contribution < 1.29 is 0 Å². The first-order valence-corrected chi connectivity index (χ1v) is 4.24. The molecule has 1 aliphatic carbocycles. The summed E-state index contributed by atoms with van der Waals surface area (Å²) in [6.45, 7) is 0. The maximum Gasteiger partial charge on any atom is 0.0658 e. The number of rotatable bonds is 1. The highest BCUT2D eigenvalue weighted by molar-refractivity contribution is 5.37. The smallest absolute Gasteiger partial charge is 0.0658 e. The molecule has 0 saturated heterocycles. The molecule has 0 bridgehead atoms. The molecular formula is C10H12N. The second-order valence-corrected chi connectivity index (χ2v) is 3.00. The number of hydrogen-bond donors (Lipinski definition) is 0. The molecule has 0 atom stereocenters. The zero-order valence-corrected chi connectivity index (χ0v) is 6.59. The van der Waals surface area contributed by atoms with Crippen LogP contribution in [0, 0.1) is 0 Å². The van der Waals surface area contributed by atoms with Crippen molar-refractivity contribution in [2.24, 2.45) is 0 Å². The minimum absolute atomic E-state index is 1.18. The molecule has 0 unspecified atom stereocenters. The van der Waals surface area contributed by atoms with E-state index in [0.717, 1.165) is 0 Å². The van der Waals surface area contributed by atoms with Gasteiger partial charge in [-0.2, -0.15) is 0 Å². The lowest BCUT2D eigenvalue weighted by Gasteiger charge is -2.12. The highest BCUT2D eigenvalue weighted by Crippen LogP contribution is 2.24. The summed E-state index contributed by atoms with van der Waals surface area (Å²) in [6, 6.07) is 0. The van der Waals surface area contributed by atoms with E-state index in [1.54, 1.807) is 0 Å². The van der Waals surface area contributed by atoms with Crippen LogP contribution in [0.1, 0.15) is 25.7 Å². The third-order valence-corrected chi connectivity index (χ3v) is 2.17. The molecule has 0 saturated carbocycles. The van der Waals surface area contributed by atoms with E-state index in [9.17, 15) is 0 Å². The van der Waals surface area contributed by atoms with Gasteiger partial charge in [-0.15, -0.1) is 0 Å². The van der Waals surface area contributed by atoms with Gasteiger partial charge >= 0.3 is 0 Å². The third-order valence-electron chi connectivity index (χ3n) is 2.17. The van der Waals surface area contributed by atoms with Gasteiger partial charge in [0.25, 0.3) is 0 Å². The van der Waals surface area contributed by atoms with Gasteiger partial charge in [0.15, 0.2) is 0 Å². The van der Waals surface area contributed by atoms with Crippen molar-refractivity contribution in [3.63, 3.8) is 0 Å². The summed E-state index contributed by atoms with van der Waals surface area (Å²) in [5.74, 6) is 0. The Hall–Kier alpha value is -0.980. The Morgan fingerprint density at radius 2 is 2.27 bits per heavy atom. The molecule has 0 aromatic rings. The maximum absolute atomic E-state index is 4.27. The summed E-state index contributed by atoms with van der Waals surface area (Å²) in [6.07, 6.45) is 13.4. The average Bonchev–Trinajstić information content (AvgIpc) is 2.58. The van der Waals surface area contributed by atoms with E-state index in [0.29, 0.717) is 0 Å². The third kappa shape index (κ3) is 1.37. The fourth-order valence-electron chi connectivity index (χ4n) is 1.56. The van der Waals surface area contributed by atoms with Crippen LogP contribution in [0.15, 0.2) is 35.7 Å². The molecule has 1 heterocycles. The zero-order valence-electron chi connectivity index (χ0n) is 6.59. The molecule has 11 heavy (non-hydrogen) atoms. The molecule has 0 aromatic carbocycles. The van der Waals surface area contributed by atoms with Crippen LogP contribution >= 0.6 is 0 Å². The Labute approximate surface area is 67.5 Å². The fraction of sp³-hybridized carbons (Fsp3) is 0.400. The standard InChI is InChI=1S/C10H12N/c1-2-5-9(6-3-1)10-7-4-8-11-10/h4-5,7-8H,1-3,6H2. The van der Waals surface area contributed by atoms with Crippen molar-refractivity contribution in [2.45, 2.75) is 25.7 Å². The van der Waals surface area contributed by atoms with Gasteiger partial charge in [-0.25, -0.2) is 0 Å². The molecule has 0 spiro atoms. The summed E-state index contributed by atoms with van der Waals surface area (Å²) in [5.41, 5.74) is 2.63. The van der Waals surface area contributed by atoms with Crippen molar-refractivity contribution in [1.29, 1.82) is 0 Å². The molecule has 0 fully saturated rings. The monoisotopic (exact) mass is 146 g/mol. The van der Waals surface area contributed by atoms with Crippen LogP contribution in [-0.2, 0) is 0 Å². The van der Waals surface area contributed by atoms with E-state index in [4.69, 9.17) is 0 Å². The summed E-state index contributed by atoms with van der Waals surface area (Å²) < 4.78 is 0. The largest absolute Gasteiger partial charge is 0.257 e. The molecule has 1 radical (unpaired) electrons. The Kier molecular flexibility index (Phi) is 1.80. The minimum Gasteiger partial charge on any atom is -0.257 e. The Balaban J connectivity index is 2.09. The quantitative estimate of drug-likeness (QED) is 0.539. The summed E-state index contributed by atoms with van der Waals surface area (Å²) in [5, 5.41) is 4.27. The SMILES string of the molecule is C1=C[N]C(C2=CCCCC2)=C1. The predicted octanol–water partition coefficient (Wildman–Crippen LogP) is 2.50. The summed E-state index contributed by atoms with van der Waals surface area (Å²) in [7, 11) is 0. The van der Waals surface area contributed by atoms with E-state index in [-0.39, 0.29) is 0 Å². The number of allylic oxidation sites excluding steroid dienone is 4. The Morgan fingerprint density at radius 1 is 1.27 bits per heavy atom. The first kappa shape index (κ1) is 6.71. The van der Waals surface area contributed by atoms with Gasteiger partial charge in [-0.05, 0) is 43.4 Å². The summed E-state index contributed by atoms with van der Waals surface area (Å²) in [4.78, 5) is 0. The zero-order chi connectivity index (χ0) is 7.52. The summed E-state index contributed by atoms with van der Waals surface area (Å²) >= 11 is 0. The lowest BCUT2D eigenvalue weighted by Crippen LogP contribution is -2.00. The molecule has 2 aliphatic rings. The van der Waals surface area contributed by atoms with Gasteiger partial charge < -0.3 is 0 Å². The van der Waals surface area contributed by atoms with Gasteiger partial charge in [-0.3, -0.25) is 5.32 Å². The Morgan fingerprint density at radius 3 is 2.91 bits per heavy atom. The van der Waals surface area contributed by atoms with Crippen molar-refractivity contribution in [1.82, 2.24) is 5.32 Å². The molecule has 1 aliphatic heterocycles. The number of hydrogen-bond acceptors (Lipinski definition) is 0. The second-order valence-electron chi connectivity index (χ2n) is 3.00. The molecule has 2 rings (SSSR count). The first-order valence-electron chi connectivity index (χ1n) is 4.24. The molecule has 1 heteroatoms. The van der Waals surface area contributed by atoms with E-state index in [1.807, 2.05) is 12.3 Å². The van der Waals surface area contributed by atoms with Crippen LogP contribution in [0.2, 0.25) is 0 Å². The van der Waals surface area contributed by atoms with Gasteiger partial charge in [0.2, 0.25) is 0 Å². The topological polar surface area (TPSA) is 14.1 Å². The van der Waals surface area contributed by atoms with E-state index in [1.165, 1.54) is 37.0 Å². The van der Waals surface area contributed by atoms with Crippen LogP contribution in [0.25, 0.3) is 0 Å². The number of nitrogens with zero attached hydrogens (tertiary/aromatic N) is 1. The van der Waals surface area contributed by atoms with Crippen molar-refractivity contribution in [3.05, 3.63) is 35.7 Å². The van der Waals surface area contributed by atoms with Crippen LogP contribution in [0.5, 0.6) is 0 Å². The lowest BCUT2D eigenvalue weighted by molar-refractivity contribution is 0.700. The van der Waals surface area contributed by atoms with Crippen LogP contribution < -0.4 is 5.32 Å². The fourth-order valence-corrected chi connectivity index (χ4v) is 1.56. The molecule has 0 amide bonds. The highest BCUT2D eigenvalue weighted by Gasteiger charge is 2.09. The van der Waals surface area contributed by atoms with Gasteiger partial charge in [-0.1, -0.05) is 6.08 Å². The molecule has 0 N–H and O–H groups in total. The van der Waals surface area contributed by atoms with Crippen LogP contribution in [0.3, 0.4) is 0 Å². The predicted molar refractivity (Wildman–Crippen MR) is 45.9 cm³/mol. The van der Waals surface area contributed by atoms with E-state index in [2.05, 4.69) is 17.5 Å². The first-order chi connectivity index (χ1) is 5.47. The van der Waals surface area contributed by atoms with E-state index < -0.39 is 0 Å². The second kappa shape index (κ2) is 2.95. The normalized spacial score (nSPS) is 22.5. The van der Waals surface area contributed by atoms with Gasteiger partial charge in [0.05, 0.1) is 5.70 Å². The molecule has 1 nitrogen and oxygen atoms in total. The van der Waals surface area contributed by atoms with Crippen molar-refractivity contribution in [3.8, 4) is 0 Å². The van der Waals surface area contributed by atoms with Crippen LogP contribution in [0.4, 0.5) is 0 Å². The molecule has 57 valence electrons. The maximum atomic E-state index is 4.27.